The first kappa shape index (κ1) is 18.1. The number of aromatic nitrogens is 3. The first-order valence-electron chi connectivity index (χ1n) is 7.51. The number of hydrogen-bond acceptors (Lipinski definition) is 3. The van der Waals surface area contributed by atoms with Gasteiger partial charge in [0.1, 0.15) is 5.75 Å². The maximum absolute atomic E-state index is 13.1. The summed E-state index contributed by atoms with van der Waals surface area (Å²) < 4.78 is 57.0. The Bertz CT molecular complexity index is 940. The third-order valence-electron chi connectivity index (χ3n) is 3.54. The van der Waals surface area contributed by atoms with Crippen molar-refractivity contribution >= 4 is 12.2 Å². The first-order chi connectivity index (χ1) is 12.4. The van der Waals surface area contributed by atoms with Gasteiger partial charge < -0.3 is 4.74 Å². The molecule has 1 heterocycles. The summed E-state index contributed by atoms with van der Waals surface area (Å²) in [7, 11) is 0. The molecule has 0 aliphatic heterocycles. The van der Waals surface area contributed by atoms with E-state index in [2.05, 4.69) is 14.9 Å². The molecule has 0 bridgehead atoms. The van der Waals surface area contributed by atoms with Gasteiger partial charge in [-0.25, -0.2) is 0 Å². The molecule has 0 fully saturated rings. The van der Waals surface area contributed by atoms with E-state index in [9.17, 15) is 17.6 Å². The number of halogens is 4. The van der Waals surface area contributed by atoms with Crippen molar-refractivity contribution in [3.8, 4) is 17.1 Å². The van der Waals surface area contributed by atoms with E-state index in [0.717, 1.165) is 5.56 Å². The first-order valence-corrected chi connectivity index (χ1v) is 7.92. The van der Waals surface area contributed by atoms with Crippen LogP contribution in [0.2, 0.25) is 0 Å². The van der Waals surface area contributed by atoms with Crippen LogP contribution in [-0.2, 0) is 6.54 Å². The number of nitrogens with zero attached hydrogens (tertiary/aromatic N) is 2. The monoisotopic (exact) mass is 383 g/mol. The van der Waals surface area contributed by atoms with Gasteiger partial charge in [0, 0.05) is 5.56 Å². The molecule has 0 radical (unpaired) electrons. The Morgan fingerprint density at radius 1 is 1.12 bits per heavy atom. The molecular weight excluding hydrogens is 370 g/mol. The van der Waals surface area contributed by atoms with Gasteiger partial charge in [-0.05, 0) is 29.9 Å². The number of alkyl halides is 4. The van der Waals surface area contributed by atoms with E-state index in [-0.39, 0.29) is 0 Å². The lowest BCUT2D eigenvalue weighted by molar-refractivity contribution is -0.253. The molecule has 0 spiro atoms. The molecule has 0 atom stereocenters. The van der Waals surface area contributed by atoms with Crippen LogP contribution in [0.4, 0.5) is 17.6 Å². The van der Waals surface area contributed by atoms with E-state index in [1.54, 1.807) is 10.6 Å². The molecule has 2 aromatic carbocycles. The summed E-state index contributed by atoms with van der Waals surface area (Å²) in [6, 6.07) is 14.8. The minimum Gasteiger partial charge on any atom is -0.428 e. The van der Waals surface area contributed by atoms with Gasteiger partial charge in [0.2, 0.25) is 0 Å². The normalized spacial score (nSPS) is 11.7. The van der Waals surface area contributed by atoms with Gasteiger partial charge in [0.25, 0.3) is 0 Å². The minimum absolute atomic E-state index is 0.341. The highest BCUT2D eigenvalue weighted by molar-refractivity contribution is 7.71. The minimum atomic E-state index is -4.58. The molecule has 4 nitrogen and oxygen atoms in total. The van der Waals surface area contributed by atoms with Gasteiger partial charge in [-0.15, -0.1) is 0 Å². The Kier molecular flexibility index (Phi) is 5.08. The predicted molar refractivity (Wildman–Crippen MR) is 90.0 cm³/mol. The summed E-state index contributed by atoms with van der Waals surface area (Å²) in [5, 5.41) is 6.76. The summed E-state index contributed by atoms with van der Waals surface area (Å²) in [5.41, 5.74) is 1.36. The second-order valence-electron chi connectivity index (χ2n) is 5.42. The Morgan fingerprint density at radius 2 is 1.85 bits per heavy atom. The summed E-state index contributed by atoms with van der Waals surface area (Å²) in [6.07, 6.45) is -8.51. The van der Waals surface area contributed by atoms with Crippen molar-refractivity contribution in [3.05, 3.63) is 64.9 Å². The van der Waals surface area contributed by atoms with Crippen LogP contribution in [0.1, 0.15) is 5.56 Å². The van der Waals surface area contributed by atoms with Crippen molar-refractivity contribution in [2.45, 2.75) is 19.1 Å². The highest BCUT2D eigenvalue weighted by Crippen LogP contribution is 2.30. The fourth-order valence-corrected chi connectivity index (χ4v) is 2.55. The summed E-state index contributed by atoms with van der Waals surface area (Å²) in [5.74, 6) is -0.0161. The van der Waals surface area contributed by atoms with E-state index in [0.29, 0.717) is 22.7 Å². The summed E-state index contributed by atoms with van der Waals surface area (Å²) >= 11 is 5.22. The van der Waals surface area contributed by atoms with Crippen molar-refractivity contribution in [1.82, 2.24) is 14.8 Å². The number of hydrogen-bond donors (Lipinski definition) is 1. The highest BCUT2D eigenvalue weighted by Gasteiger charge is 2.44. The van der Waals surface area contributed by atoms with Gasteiger partial charge in [-0.1, -0.05) is 42.5 Å². The van der Waals surface area contributed by atoms with Crippen molar-refractivity contribution in [1.29, 1.82) is 0 Å². The van der Waals surface area contributed by atoms with Crippen LogP contribution in [0.5, 0.6) is 5.75 Å². The zero-order valence-corrected chi connectivity index (χ0v) is 14.0. The third kappa shape index (κ3) is 3.93. The van der Waals surface area contributed by atoms with Gasteiger partial charge in [-0.3, -0.25) is 9.67 Å². The smallest absolute Gasteiger partial charge is 0.428 e. The van der Waals surface area contributed by atoms with Crippen LogP contribution < -0.4 is 4.74 Å². The number of rotatable bonds is 6. The molecule has 3 rings (SSSR count). The second-order valence-corrected chi connectivity index (χ2v) is 5.80. The average molecular weight is 383 g/mol. The number of benzene rings is 2. The van der Waals surface area contributed by atoms with Crippen molar-refractivity contribution in [3.63, 3.8) is 0 Å². The lowest BCUT2D eigenvalue weighted by Crippen LogP contribution is -2.33. The summed E-state index contributed by atoms with van der Waals surface area (Å²) in [4.78, 5) is 0. The molecule has 136 valence electrons. The number of aromatic amines is 1. The standard InChI is InChI=1S/C17H13F4N3OS/c18-15(19)17(20,21)25-13-8-4-7-12(9-13)14-22-23-16(26)24(14)10-11-5-2-1-3-6-11/h1-9,15H,10H2,(H,23,26). The molecule has 3 aromatic rings. The van der Waals surface area contributed by atoms with Crippen LogP contribution in [0.25, 0.3) is 11.4 Å². The molecule has 0 unspecified atom stereocenters. The van der Waals surface area contributed by atoms with Gasteiger partial charge in [-0.2, -0.15) is 22.7 Å². The molecule has 0 saturated carbocycles. The molecule has 0 aliphatic carbocycles. The fraction of sp³-hybridized carbons (Fsp3) is 0.176. The van der Waals surface area contributed by atoms with Gasteiger partial charge >= 0.3 is 12.5 Å². The Hall–Kier alpha value is -2.68. The molecule has 9 heteroatoms. The van der Waals surface area contributed by atoms with Crippen LogP contribution in [0.15, 0.2) is 54.6 Å². The zero-order chi connectivity index (χ0) is 18.7. The average Bonchev–Trinajstić information content (AvgIpc) is 2.96. The van der Waals surface area contributed by atoms with Crippen LogP contribution in [0.3, 0.4) is 0 Å². The number of ether oxygens (including phenoxy) is 1. The second kappa shape index (κ2) is 7.28. The third-order valence-corrected chi connectivity index (χ3v) is 3.85. The molecular formula is C17H13F4N3OS. The maximum atomic E-state index is 13.1. The SMILES string of the molecule is FC(F)C(F)(F)Oc1cccc(-c2n[nH]c(=S)n2Cc2ccccc2)c1. The van der Waals surface area contributed by atoms with E-state index in [4.69, 9.17) is 12.2 Å². The van der Waals surface area contributed by atoms with Crippen LogP contribution in [-0.4, -0.2) is 27.3 Å². The number of H-pyrrole nitrogens is 1. The topological polar surface area (TPSA) is 42.8 Å². The molecule has 0 aliphatic rings. The maximum Gasteiger partial charge on any atom is 0.461 e. The predicted octanol–water partition coefficient (Wildman–Crippen LogP) is 4.89. The van der Waals surface area contributed by atoms with Crippen molar-refractivity contribution in [2.75, 3.05) is 0 Å². The molecule has 0 saturated heterocycles. The van der Waals surface area contributed by atoms with Crippen LogP contribution >= 0.6 is 12.2 Å². The quantitative estimate of drug-likeness (QED) is 0.487. The molecule has 1 N–H and O–H groups in total. The molecule has 26 heavy (non-hydrogen) atoms. The Labute approximate surface area is 151 Å². The van der Waals surface area contributed by atoms with Gasteiger partial charge in [0.15, 0.2) is 10.6 Å². The van der Waals surface area contributed by atoms with Crippen molar-refractivity contribution < 1.29 is 22.3 Å². The van der Waals surface area contributed by atoms with Gasteiger partial charge in [0.05, 0.1) is 6.54 Å². The Morgan fingerprint density at radius 3 is 2.54 bits per heavy atom. The van der Waals surface area contributed by atoms with Crippen molar-refractivity contribution in [2.24, 2.45) is 0 Å². The zero-order valence-electron chi connectivity index (χ0n) is 13.2. The molecule has 0 amide bonds. The lowest BCUT2D eigenvalue weighted by Gasteiger charge is -2.17. The lowest BCUT2D eigenvalue weighted by atomic mass is 10.2. The van der Waals surface area contributed by atoms with E-state index >= 15 is 0 Å². The van der Waals surface area contributed by atoms with Crippen LogP contribution in [0, 0.1) is 4.77 Å². The summed E-state index contributed by atoms with van der Waals surface area (Å²) in [6.45, 7) is 0.407. The van der Waals surface area contributed by atoms with E-state index < -0.39 is 18.3 Å². The molecule has 1 aromatic heterocycles. The largest absolute Gasteiger partial charge is 0.461 e. The highest BCUT2D eigenvalue weighted by atomic mass is 32.1. The van der Waals surface area contributed by atoms with E-state index in [1.807, 2.05) is 30.3 Å². The fourth-order valence-electron chi connectivity index (χ4n) is 2.35. The number of nitrogens with one attached hydrogen (secondary N) is 1. The van der Waals surface area contributed by atoms with E-state index in [1.165, 1.54) is 18.2 Å². The Balaban J connectivity index is 1.93.